The normalized spacial score (nSPS) is 22.6. The maximum absolute atomic E-state index is 6.25. The predicted octanol–water partition coefficient (Wildman–Crippen LogP) is 3.24. The second kappa shape index (κ2) is 6.06. The molecule has 2 unspecified atom stereocenters. The Kier molecular flexibility index (Phi) is 4.64. The summed E-state index contributed by atoms with van der Waals surface area (Å²) in [6, 6.07) is 11.2. The lowest BCUT2D eigenvalue weighted by Crippen LogP contribution is -2.38. The van der Waals surface area contributed by atoms with E-state index < -0.39 is 0 Å². The number of rotatable bonds is 4. The monoisotopic (exact) mass is 260 g/mol. The summed E-state index contributed by atoms with van der Waals surface area (Å²) < 4.78 is 0. The van der Waals surface area contributed by atoms with E-state index in [-0.39, 0.29) is 5.41 Å². The van der Waals surface area contributed by atoms with Gasteiger partial charge in [0.15, 0.2) is 0 Å². The van der Waals surface area contributed by atoms with Crippen LogP contribution < -0.4 is 5.73 Å². The Morgan fingerprint density at radius 1 is 1.26 bits per heavy atom. The molecule has 1 saturated heterocycles. The Labute approximate surface area is 118 Å². The molecule has 1 heterocycles. The maximum atomic E-state index is 6.25. The van der Waals surface area contributed by atoms with Gasteiger partial charge in [-0.1, -0.05) is 51.1 Å². The Morgan fingerprint density at radius 2 is 1.95 bits per heavy atom. The summed E-state index contributed by atoms with van der Waals surface area (Å²) in [5.41, 5.74) is 7.96. The molecule has 0 aromatic heterocycles. The summed E-state index contributed by atoms with van der Waals surface area (Å²) in [4.78, 5) is 2.57. The number of nitrogens with zero attached hydrogens (tertiary/aromatic N) is 1. The average molecular weight is 260 g/mol. The molecule has 2 heteroatoms. The Balaban J connectivity index is 1.80. The van der Waals surface area contributed by atoms with Crippen molar-refractivity contribution in [3.05, 3.63) is 35.9 Å². The molecule has 106 valence electrons. The summed E-state index contributed by atoms with van der Waals surface area (Å²) in [6.45, 7) is 10.2. The van der Waals surface area contributed by atoms with Crippen LogP contribution in [0.5, 0.6) is 0 Å². The lowest BCUT2D eigenvalue weighted by molar-refractivity contribution is 0.254. The number of benzene rings is 1. The van der Waals surface area contributed by atoms with Crippen LogP contribution in [0.25, 0.3) is 0 Å². The summed E-state index contributed by atoms with van der Waals surface area (Å²) in [7, 11) is 0. The fourth-order valence-corrected chi connectivity index (χ4v) is 2.79. The van der Waals surface area contributed by atoms with E-state index in [4.69, 9.17) is 5.73 Å². The first-order valence-corrected chi connectivity index (χ1v) is 7.49. The molecule has 1 aromatic rings. The molecule has 2 rings (SSSR count). The van der Waals surface area contributed by atoms with Gasteiger partial charge in [0.2, 0.25) is 0 Å². The standard InChI is InChI=1S/C17H28N2/c1-17(2,3)16(18)10-12-19-11-9-15(13-19)14-7-5-4-6-8-14/h4-8,15-16H,9-13,18H2,1-3H3. The van der Waals surface area contributed by atoms with Gasteiger partial charge < -0.3 is 10.6 Å². The van der Waals surface area contributed by atoms with Gasteiger partial charge in [0.05, 0.1) is 0 Å². The van der Waals surface area contributed by atoms with E-state index in [2.05, 4.69) is 56.0 Å². The quantitative estimate of drug-likeness (QED) is 0.900. The zero-order chi connectivity index (χ0) is 13.9. The van der Waals surface area contributed by atoms with Gasteiger partial charge in [0.25, 0.3) is 0 Å². The Bertz CT molecular complexity index is 380. The van der Waals surface area contributed by atoms with Crippen molar-refractivity contribution in [2.24, 2.45) is 11.1 Å². The molecule has 0 amide bonds. The highest BCUT2D eigenvalue weighted by atomic mass is 15.1. The molecule has 1 fully saturated rings. The Morgan fingerprint density at radius 3 is 2.58 bits per heavy atom. The van der Waals surface area contributed by atoms with Gasteiger partial charge >= 0.3 is 0 Å². The van der Waals surface area contributed by atoms with Crippen LogP contribution in [0, 0.1) is 5.41 Å². The first-order valence-electron chi connectivity index (χ1n) is 7.49. The van der Waals surface area contributed by atoms with Crippen molar-refractivity contribution in [3.63, 3.8) is 0 Å². The van der Waals surface area contributed by atoms with E-state index in [1.807, 2.05) is 0 Å². The minimum Gasteiger partial charge on any atom is -0.327 e. The van der Waals surface area contributed by atoms with Gasteiger partial charge in [-0.3, -0.25) is 0 Å². The second-order valence-corrected chi connectivity index (χ2v) is 6.96. The molecule has 0 spiro atoms. The minimum absolute atomic E-state index is 0.221. The molecule has 0 bridgehead atoms. The van der Waals surface area contributed by atoms with Gasteiger partial charge in [-0.25, -0.2) is 0 Å². The molecule has 2 N–H and O–H groups in total. The van der Waals surface area contributed by atoms with Crippen LogP contribution in [-0.4, -0.2) is 30.6 Å². The minimum atomic E-state index is 0.221. The third kappa shape index (κ3) is 4.05. The van der Waals surface area contributed by atoms with Gasteiger partial charge in [-0.2, -0.15) is 0 Å². The fourth-order valence-electron chi connectivity index (χ4n) is 2.79. The summed E-state index contributed by atoms with van der Waals surface area (Å²) in [5, 5.41) is 0. The highest BCUT2D eigenvalue weighted by Crippen LogP contribution is 2.27. The van der Waals surface area contributed by atoms with Crippen molar-refractivity contribution >= 4 is 0 Å². The summed E-state index contributed by atoms with van der Waals surface area (Å²) >= 11 is 0. The molecule has 19 heavy (non-hydrogen) atoms. The van der Waals surface area contributed by atoms with Gasteiger partial charge in [0.1, 0.15) is 0 Å². The summed E-state index contributed by atoms with van der Waals surface area (Å²) in [5.74, 6) is 0.715. The smallest absolute Gasteiger partial charge is 0.00998 e. The number of hydrogen-bond acceptors (Lipinski definition) is 2. The van der Waals surface area contributed by atoms with E-state index >= 15 is 0 Å². The van der Waals surface area contributed by atoms with Crippen LogP contribution in [-0.2, 0) is 0 Å². The third-order valence-electron chi connectivity index (χ3n) is 4.41. The zero-order valence-corrected chi connectivity index (χ0v) is 12.6. The van der Waals surface area contributed by atoms with Crippen molar-refractivity contribution in [2.75, 3.05) is 19.6 Å². The first-order chi connectivity index (χ1) is 8.97. The Hall–Kier alpha value is -0.860. The SMILES string of the molecule is CC(C)(C)C(N)CCN1CCC(c2ccccc2)C1. The highest BCUT2D eigenvalue weighted by Gasteiger charge is 2.26. The highest BCUT2D eigenvalue weighted by molar-refractivity contribution is 5.20. The van der Waals surface area contributed by atoms with E-state index in [1.165, 1.54) is 25.1 Å². The van der Waals surface area contributed by atoms with Crippen molar-refractivity contribution in [2.45, 2.75) is 45.6 Å². The van der Waals surface area contributed by atoms with E-state index in [1.54, 1.807) is 0 Å². The molecule has 1 aromatic carbocycles. The molecule has 2 atom stereocenters. The molecule has 0 aliphatic carbocycles. The number of likely N-dealkylation sites (tertiary alicyclic amines) is 1. The maximum Gasteiger partial charge on any atom is 0.00998 e. The van der Waals surface area contributed by atoms with E-state index in [0.717, 1.165) is 13.0 Å². The third-order valence-corrected chi connectivity index (χ3v) is 4.41. The fraction of sp³-hybridized carbons (Fsp3) is 0.647. The lowest BCUT2D eigenvalue weighted by Gasteiger charge is -2.28. The topological polar surface area (TPSA) is 29.3 Å². The molecule has 1 aliphatic rings. The van der Waals surface area contributed by atoms with Crippen LogP contribution in [0.2, 0.25) is 0 Å². The molecule has 1 aliphatic heterocycles. The van der Waals surface area contributed by atoms with Crippen molar-refractivity contribution in [3.8, 4) is 0 Å². The zero-order valence-electron chi connectivity index (χ0n) is 12.6. The van der Waals surface area contributed by atoms with Gasteiger partial charge in [0, 0.05) is 12.6 Å². The van der Waals surface area contributed by atoms with E-state index in [0.29, 0.717) is 12.0 Å². The van der Waals surface area contributed by atoms with Crippen LogP contribution in [0.1, 0.15) is 45.1 Å². The predicted molar refractivity (Wildman–Crippen MR) is 82.3 cm³/mol. The van der Waals surface area contributed by atoms with Crippen LogP contribution in [0.4, 0.5) is 0 Å². The van der Waals surface area contributed by atoms with Crippen molar-refractivity contribution in [1.29, 1.82) is 0 Å². The first kappa shape index (κ1) is 14.5. The number of hydrogen-bond donors (Lipinski definition) is 1. The van der Waals surface area contributed by atoms with Crippen LogP contribution in [0.15, 0.2) is 30.3 Å². The van der Waals surface area contributed by atoms with E-state index in [9.17, 15) is 0 Å². The van der Waals surface area contributed by atoms with Crippen molar-refractivity contribution < 1.29 is 0 Å². The van der Waals surface area contributed by atoms with Gasteiger partial charge in [-0.05, 0) is 42.8 Å². The summed E-state index contributed by atoms with van der Waals surface area (Å²) in [6.07, 6.45) is 2.39. The average Bonchev–Trinajstić information content (AvgIpc) is 2.84. The molecular weight excluding hydrogens is 232 g/mol. The molecule has 0 saturated carbocycles. The number of nitrogens with two attached hydrogens (primary N) is 1. The molecule has 2 nitrogen and oxygen atoms in total. The van der Waals surface area contributed by atoms with Gasteiger partial charge in [-0.15, -0.1) is 0 Å². The van der Waals surface area contributed by atoms with Crippen LogP contribution >= 0.6 is 0 Å². The lowest BCUT2D eigenvalue weighted by atomic mass is 9.85. The largest absolute Gasteiger partial charge is 0.327 e. The molecule has 0 radical (unpaired) electrons. The second-order valence-electron chi connectivity index (χ2n) is 6.96. The van der Waals surface area contributed by atoms with Crippen molar-refractivity contribution in [1.82, 2.24) is 4.90 Å². The molecular formula is C17H28N2. The van der Waals surface area contributed by atoms with Crippen LogP contribution in [0.3, 0.4) is 0 Å².